The summed E-state index contributed by atoms with van der Waals surface area (Å²) in [4.78, 5) is 21.1. The SMILES string of the molecule is CN1CCN(C(=O)c2cccc(-c3ccc4nccn4n3)c2)CC1. The monoisotopic (exact) mass is 321 g/mol. The highest BCUT2D eigenvalue weighted by atomic mass is 16.2. The second-order valence-corrected chi connectivity index (χ2v) is 6.12. The quantitative estimate of drug-likeness (QED) is 0.722. The van der Waals surface area contributed by atoms with Gasteiger partial charge in [-0.15, -0.1) is 0 Å². The molecule has 3 heterocycles. The minimum Gasteiger partial charge on any atom is -0.336 e. The van der Waals surface area contributed by atoms with E-state index in [0.717, 1.165) is 43.1 Å². The molecule has 0 unspecified atom stereocenters. The van der Waals surface area contributed by atoms with Gasteiger partial charge in [0, 0.05) is 49.7 Å². The normalized spacial score (nSPS) is 15.8. The summed E-state index contributed by atoms with van der Waals surface area (Å²) in [7, 11) is 2.08. The first-order valence-electron chi connectivity index (χ1n) is 8.09. The van der Waals surface area contributed by atoms with Gasteiger partial charge in [0.05, 0.1) is 5.69 Å². The zero-order chi connectivity index (χ0) is 16.5. The maximum Gasteiger partial charge on any atom is 0.253 e. The van der Waals surface area contributed by atoms with E-state index >= 15 is 0 Å². The van der Waals surface area contributed by atoms with E-state index < -0.39 is 0 Å². The Bertz CT molecular complexity index is 880. The van der Waals surface area contributed by atoms with Crippen molar-refractivity contribution >= 4 is 11.6 Å². The number of hydrogen-bond donors (Lipinski definition) is 0. The third-order valence-electron chi connectivity index (χ3n) is 4.45. The van der Waals surface area contributed by atoms with Crippen LogP contribution >= 0.6 is 0 Å². The van der Waals surface area contributed by atoms with Crippen molar-refractivity contribution in [3.05, 3.63) is 54.4 Å². The Morgan fingerprint density at radius 3 is 2.75 bits per heavy atom. The van der Waals surface area contributed by atoms with Crippen molar-refractivity contribution in [3.63, 3.8) is 0 Å². The molecule has 6 nitrogen and oxygen atoms in total. The fourth-order valence-corrected chi connectivity index (χ4v) is 2.97. The number of amides is 1. The molecule has 1 aliphatic rings. The van der Waals surface area contributed by atoms with Gasteiger partial charge < -0.3 is 9.80 Å². The standard InChI is InChI=1S/C18H19N5O/c1-21-9-11-22(12-10-21)18(24)15-4-2-3-14(13-15)16-5-6-17-19-7-8-23(17)20-16/h2-8,13H,9-12H2,1H3. The average Bonchev–Trinajstić information content (AvgIpc) is 3.09. The Hall–Kier alpha value is -2.73. The highest BCUT2D eigenvalue weighted by Gasteiger charge is 2.20. The van der Waals surface area contributed by atoms with Crippen LogP contribution in [-0.2, 0) is 0 Å². The highest BCUT2D eigenvalue weighted by Crippen LogP contribution is 2.20. The molecule has 1 fully saturated rings. The van der Waals surface area contributed by atoms with Gasteiger partial charge in [0.2, 0.25) is 0 Å². The number of nitrogens with zero attached hydrogens (tertiary/aromatic N) is 5. The third kappa shape index (κ3) is 2.76. The van der Waals surface area contributed by atoms with Crippen LogP contribution in [0, 0.1) is 0 Å². The van der Waals surface area contributed by atoms with Gasteiger partial charge in [0.25, 0.3) is 5.91 Å². The van der Waals surface area contributed by atoms with Gasteiger partial charge in [0.15, 0.2) is 5.65 Å². The summed E-state index contributed by atoms with van der Waals surface area (Å²) in [5.74, 6) is 0.0914. The van der Waals surface area contributed by atoms with Crippen LogP contribution in [0.15, 0.2) is 48.8 Å². The number of carbonyl (C=O) groups is 1. The molecule has 24 heavy (non-hydrogen) atoms. The summed E-state index contributed by atoms with van der Waals surface area (Å²) < 4.78 is 1.74. The highest BCUT2D eigenvalue weighted by molar-refractivity contribution is 5.95. The van der Waals surface area contributed by atoms with Crippen LogP contribution < -0.4 is 0 Å². The van der Waals surface area contributed by atoms with Crippen molar-refractivity contribution in [3.8, 4) is 11.3 Å². The number of hydrogen-bond acceptors (Lipinski definition) is 4. The van der Waals surface area contributed by atoms with Crippen molar-refractivity contribution in [2.24, 2.45) is 0 Å². The Morgan fingerprint density at radius 1 is 1.08 bits per heavy atom. The summed E-state index contributed by atoms with van der Waals surface area (Å²) in [6.45, 7) is 3.40. The lowest BCUT2D eigenvalue weighted by Gasteiger charge is -2.32. The fraction of sp³-hybridized carbons (Fsp3) is 0.278. The van der Waals surface area contributed by atoms with Crippen LogP contribution in [0.1, 0.15) is 10.4 Å². The number of rotatable bonds is 2. The number of aromatic nitrogens is 3. The molecule has 4 rings (SSSR count). The Balaban J connectivity index is 1.62. The van der Waals surface area contributed by atoms with Crippen LogP contribution in [0.4, 0.5) is 0 Å². The van der Waals surface area contributed by atoms with E-state index in [2.05, 4.69) is 22.0 Å². The maximum atomic E-state index is 12.7. The van der Waals surface area contributed by atoms with Crippen LogP contribution in [0.2, 0.25) is 0 Å². The zero-order valence-electron chi connectivity index (χ0n) is 13.6. The molecule has 0 bridgehead atoms. The van der Waals surface area contributed by atoms with E-state index in [4.69, 9.17) is 0 Å². The number of carbonyl (C=O) groups excluding carboxylic acids is 1. The van der Waals surface area contributed by atoms with E-state index in [9.17, 15) is 4.79 Å². The first-order chi connectivity index (χ1) is 11.7. The lowest BCUT2D eigenvalue weighted by molar-refractivity contribution is 0.0664. The van der Waals surface area contributed by atoms with Crippen LogP contribution in [0.3, 0.4) is 0 Å². The van der Waals surface area contributed by atoms with Crippen LogP contribution in [0.5, 0.6) is 0 Å². The van der Waals surface area contributed by atoms with Gasteiger partial charge in [-0.1, -0.05) is 12.1 Å². The topological polar surface area (TPSA) is 53.7 Å². The molecule has 1 saturated heterocycles. The van der Waals surface area contributed by atoms with Crippen LogP contribution in [0.25, 0.3) is 16.9 Å². The van der Waals surface area contributed by atoms with Gasteiger partial charge in [-0.05, 0) is 31.3 Å². The minimum atomic E-state index is 0.0914. The minimum absolute atomic E-state index is 0.0914. The molecule has 1 aliphatic heterocycles. The van der Waals surface area contributed by atoms with Gasteiger partial charge in [-0.2, -0.15) is 5.10 Å². The Labute approximate surface area is 140 Å². The van der Waals surface area contributed by atoms with E-state index in [-0.39, 0.29) is 5.91 Å². The van der Waals surface area contributed by atoms with E-state index in [1.807, 2.05) is 47.5 Å². The molecule has 1 amide bonds. The molecular formula is C18H19N5O. The van der Waals surface area contributed by atoms with Gasteiger partial charge in [0.1, 0.15) is 0 Å². The summed E-state index contributed by atoms with van der Waals surface area (Å²) >= 11 is 0. The second kappa shape index (κ2) is 6.05. The molecule has 0 atom stereocenters. The second-order valence-electron chi connectivity index (χ2n) is 6.12. The summed E-state index contributed by atoms with van der Waals surface area (Å²) in [5, 5.41) is 4.55. The van der Waals surface area contributed by atoms with Crippen LogP contribution in [-0.4, -0.2) is 63.5 Å². The molecular weight excluding hydrogens is 302 g/mol. The number of piperazine rings is 1. The molecule has 0 aliphatic carbocycles. The van der Waals surface area contributed by atoms with Crippen molar-refractivity contribution in [1.29, 1.82) is 0 Å². The predicted molar refractivity (Wildman–Crippen MR) is 91.8 cm³/mol. The summed E-state index contributed by atoms with van der Waals surface area (Å²) in [5.41, 5.74) is 3.28. The Kier molecular flexibility index (Phi) is 3.74. The molecule has 0 N–H and O–H groups in total. The van der Waals surface area contributed by atoms with Crippen molar-refractivity contribution in [2.45, 2.75) is 0 Å². The first kappa shape index (κ1) is 14.8. The molecule has 6 heteroatoms. The molecule has 1 aromatic carbocycles. The largest absolute Gasteiger partial charge is 0.336 e. The van der Waals surface area contributed by atoms with Gasteiger partial charge in [-0.3, -0.25) is 4.79 Å². The lowest BCUT2D eigenvalue weighted by atomic mass is 10.1. The van der Waals surface area contributed by atoms with Crippen molar-refractivity contribution < 1.29 is 4.79 Å². The van der Waals surface area contributed by atoms with E-state index in [0.29, 0.717) is 5.56 Å². The van der Waals surface area contributed by atoms with Crippen molar-refractivity contribution in [1.82, 2.24) is 24.4 Å². The number of imidazole rings is 1. The Morgan fingerprint density at radius 2 is 1.92 bits per heavy atom. The third-order valence-corrected chi connectivity index (χ3v) is 4.45. The van der Waals surface area contributed by atoms with E-state index in [1.54, 1.807) is 10.7 Å². The summed E-state index contributed by atoms with van der Waals surface area (Å²) in [6, 6.07) is 11.6. The zero-order valence-corrected chi connectivity index (χ0v) is 13.6. The molecule has 0 saturated carbocycles. The van der Waals surface area contributed by atoms with Crippen molar-refractivity contribution in [2.75, 3.05) is 33.2 Å². The molecule has 2 aromatic heterocycles. The molecule has 0 spiro atoms. The fourth-order valence-electron chi connectivity index (χ4n) is 2.97. The number of likely N-dealkylation sites (N-methyl/N-ethyl adjacent to an activating group) is 1. The lowest BCUT2D eigenvalue weighted by Crippen LogP contribution is -2.47. The maximum absolute atomic E-state index is 12.7. The smallest absolute Gasteiger partial charge is 0.253 e. The molecule has 3 aromatic rings. The first-order valence-corrected chi connectivity index (χ1v) is 8.09. The molecule has 0 radical (unpaired) electrons. The predicted octanol–water partition coefficient (Wildman–Crippen LogP) is 1.78. The average molecular weight is 321 g/mol. The van der Waals surface area contributed by atoms with E-state index in [1.165, 1.54) is 0 Å². The van der Waals surface area contributed by atoms with Gasteiger partial charge in [-0.25, -0.2) is 9.50 Å². The molecule has 122 valence electrons. The number of benzene rings is 1. The van der Waals surface area contributed by atoms with Gasteiger partial charge >= 0.3 is 0 Å². The summed E-state index contributed by atoms with van der Waals surface area (Å²) in [6.07, 6.45) is 3.54. The number of fused-ring (bicyclic) bond motifs is 1.